The van der Waals surface area contributed by atoms with E-state index >= 15 is 0 Å². The van der Waals surface area contributed by atoms with Gasteiger partial charge in [-0.05, 0) is 28.7 Å². The second-order valence-electron chi connectivity index (χ2n) is 4.21. The summed E-state index contributed by atoms with van der Waals surface area (Å²) >= 11 is 0. The fraction of sp³-hybridized carbons (Fsp3) is 0.125. The quantitative estimate of drug-likeness (QED) is 0.893. The van der Waals surface area contributed by atoms with E-state index < -0.39 is 0 Å². The highest BCUT2D eigenvalue weighted by Gasteiger charge is 2.00. The summed E-state index contributed by atoms with van der Waals surface area (Å²) in [4.78, 5) is 0. The number of hydrogen-bond donors (Lipinski definition) is 1. The van der Waals surface area contributed by atoms with Gasteiger partial charge in [-0.15, -0.1) is 12.4 Å². The molecule has 100 valence electrons. The second-order valence-corrected chi connectivity index (χ2v) is 4.21. The molecule has 0 aromatic heterocycles. The highest BCUT2D eigenvalue weighted by Crippen LogP contribution is 2.20. The molecule has 0 saturated heterocycles. The van der Waals surface area contributed by atoms with E-state index in [0.717, 1.165) is 11.1 Å². The fourth-order valence-corrected chi connectivity index (χ4v) is 1.86. The van der Waals surface area contributed by atoms with Crippen molar-refractivity contribution in [2.24, 2.45) is 5.73 Å². The maximum absolute atomic E-state index is 12.4. The lowest BCUT2D eigenvalue weighted by Crippen LogP contribution is -2.05. The molecule has 3 heteroatoms. The van der Waals surface area contributed by atoms with Gasteiger partial charge >= 0.3 is 0 Å². The Morgan fingerprint density at radius 3 is 2.05 bits per heavy atom. The Kier molecular flexibility index (Phi) is 6.26. The highest BCUT2D eigenvalue weighted by atomic mass is 35.5. The molecule has 2 aromatic carbocycles. The van der Waals surface area contributed by atoms with Crippen molar-refractivity contribution in [2.75, 3.05) is 6.54 Å². The van der Waals surface area contributed by atoms with Gasteiger partial charge in [-0.25, -0.2) is 4.39 Å². The molecule has 19 heavy (non-hydrogen) atoms. The van der Waals surface area contributed by atoms with Gasteiger partial charge in [0.2, 0.25) is 0 Å². The van der Waals surface area contributed by atoms with Crippen molar-refractivity contribution in [3.8, 4) is 11.1 Å². The van der Waals surface area contributed by atoms with E-state index in [2.05, 4.69) is 24.3 Å². The summed E-state index contributed by atoms with van der Waals surface area (Å²) in [5.74, 6) is 0. The van der Waals surface area contributed by atoms with Gasteiger partial charge in [0.1, 0.15) is 0 Å². The van der Waals surface area contributed by atoms with Crippen molar-refractivity contribution in [2.45, 2.75) is 6.42 Å². The summed E-state index contributed by atoms with van der Waals surface area (Å²) in [5, 5.41) is 0. The zero-order chi connectivity index (χ0) is 12.8. The summed E-state index contributed by atoms with van der Waals surface area (Å²) in [6.45, 7) is 0.261. The van der Waals surface area contributed by atoms with Gasteiger partial charge in [0, 0.05) is 6.54 Å². The molecule has 0 spiro atoms. The molecule has 2 aromatic rings. The molecule has 0 amide bonds. The Hall–Kier alpha value is -1.64. The van der Waals surface area contributed by atoms with E-state index in [4.69, 9.17) is 5.73 Å². The van der Waals surface area contributed by atoms with Crippen LogP contribution in [0.15, 0.2) is 66.5 Å². The summed E-state index contributed by atoms with van der Waals surface area (Å²) in [6.07, 6.45) is 1.17. The first-order valence-corrected chi connectivity index (χ1v) is 5.96. The molecule has 0 unspecified atom stereocenters. The topological polar surface area (TPSA) is 26.0 Å². The zero-order valence-corrected chi connectivity index (χ0v) is 11.4. The number of hydrogen-bond acceptors (Lipinski definition) is 1. The van der Waals surface area contributed by atoms with Gasteiger partial charge in [-0.1, -0.05) is 54.6 Å². The average molecular weight is 278 g/mol. The van der Waals surface area contributed by atoms with Crippen LogP contribution in [0.25, 0.3) is 11.1 Å². The van der Waals surface area contributed by atoms with E-state index in [9.17, 15) is 4.39 Å². The first-order chi connectivity index (χ1) is 8.83. The fourth-order valence-electron chi connectivity index (χ4n) is 1.86. The SMILES string of the molecule is Cl.NC/C(=C\F)Cc1ccc(-c2ccccc2)cc1. The maximum atomic E-state index is 12.4. The van der Waals surface area contributed by atoms with Gasteiger partial charge in [0.05, 0.1) is 6.33 Å². The third kappa shape index (κ3) is 4.19. The van der Waals surface area contributed by atoms with Crippen molar-refractivity contribution in [1.82, 2.24) is 0 Å². The molecule has 0 bridgehead atoms. The minimum Gasteiger partial charge on any atom is -0.327 e. The predicted molar refractivity (Wildman–Crippen MR) is 81.1 cm³/mol. The minimum absolute atomic E-state index is 0. The van der Waals surface area contributed by atoms with Gasteiger partial charge in [0.25, 0.3) is 0 Å². The predicted octanol–water partition coefficient (Wildman–Crippen LogP) is 4.13. The number of rotatable bonds is 4. The van der Waals surface area contributed by atoms with Crippen LogP contribution in [0.4, 0.5) is 4.39 Å². The van der Waals surface area contributed by atoms with Crippen LogP contribution in [-0.4, -0.2) is 6.54 Å². The Morgan fingerprint density at radius 2 is 1.53 bits per heavy atom. The third-order valence-electron chi connectivity index (χ3n) is 2.91. The molecule has 1 nitrogen and oxygen atoms in total. The monoisotopic (exact) mass is 277 g/mol. The smallest absolute Gasteiger partial charge is 0.0875 e. The van der Waals surface area contributed by atoms with Crippen molar-refractivity contribution in [1.29, 1.82) is 0 Å². The van der Waals surface area contributed by atoms with E-state index in [1.807, 2.05) is 30.3 Å². The Bertz CT molecular complexity index is 520. The third-order valence-corrected chi connectivity index (χ3v) is 2.91. The molecule has 2 N–H and O–H groups in total. The van der Waals surface area contributed by atoms with Crippen LogP contribution in [0.3, 0.4) is 0 Å². The molecule has 0 aliphatic heterocycles. The summed E-state index contributed by atoms with van der Waals surface area (Å²) < 4.78 is 12.4. The zero-order valence-electron chi connectivity index (χ0n) is 10.6. The number of benzene rings is 2. The molecular formula is C16H17ClFN. The molecule has 0 fully saturated rings. The standard InChI is InChI=1S/C16H16FN.ClH/c17-11-14(12-18)10-13-6-8-16(9-7-13)15-4-2-1-3-5-15;/h1-9,11H,10,12,18H2;1H/b14-11-;. The molecular weight excluding hydrogens is 261 g/mol. The molecule has 0 aliphatic carbocycles. The number of halogens is 2. The lowest BCUT2D eigenvalue weighted by atomic mass is 10.0. The summed E-state index contributed by atoms with van der Waals surface area (Å²) in [7, 11) is 0. The van der Waals surface area contributed by atoms with E-state index in [1.54, 1.807) is 0 Å². The summed E-state index contributed by atoms with van der Waals surface area (Å²) in [5.41, 5.74) is 9.48. The lowest BCUT2D eigenvalue weighted by molar-refractivity contribution is 0.699. The Balaban J connectivity index is 0.00000180. The maximum Gasteiger partial charge on any atom is 0.0875 e. The Morgan fingerprint density at radius 1 is 0.947 bits per heavy atom. The van der Waals surface area contributed by atoms with Crippen molar-refractivity contribution in [3.63, 3.8) is 0 Å². The van der Waals surface area contributed by atoms with Gasteiger partial charge in [-0.3, -0.25) is 0 Å². The van der Waals surface area contributed by atoms with E-state index in [1.165, 1.54) is 5.56 Å². The van der Waals surface area contributed by atoms with E-state index in [-0.39, 0.29) is 19.0 Å². The normalized spacial score (nSPS) is 10.9. The van der Waals surface area contributed by atoms with Crippen molar-refractivity contribution >= 4 is 12.4 Å². The number of nitrogens with two attached hydrogens (primary N) is 1. The Labute approximate surface area is 119 Å². The van der Waals surface area contributed by atoms with Gasteiger partial charge in [-0.2, -0.15) is 0 Å². The second kappa shape index (κ2) is 7.72. The minimum atomic E-state index is 0. The van der Waals surface area contributed by atoms with Crippen LogP contribution in [0, 0.1) is 0 Å². The van der Waals surface area contributed by atoms with E-state index in [0.29, 0.717) is 18.3 Å². The lowest BCUT2D eigenvalue weighted by Gasteiger charge is -2.05. The van der Waals surface area contributed by atoms with Crippen LogP contribution in [0.5, 0.6) is 0 Å². The van der Waals surface area contributed by atoms with Gasteiger partial charge < -0.3 is 5.73 Å². The van der Waals surface area contributed by atoms with Gasteiger partial charge in [0.15, 0.2) is 0 Å². The largest absolute Gasteiger partial charge is 0.327 e. The summed E-state index contributed by atoms with van der Waals surface area (Å²) in [6, 6.07) is 18.3. The molecule has 0 radical (unpaired) electrons. The first kappa shape index (κ1) is 15.4. The van der Waals surface area contributed by atoms with Crippen LogP contribution in [0.2, 0.25) is 0 Å². The van der Waals surface area contributed by atoms with Crippen molar-refractivity contribution in [3.05, 3.63) is 72.1 Å². The van der Waals surface area contributed by atoms with Crippen molar-refractivity contribution < 1.29 is 4.39 Å². The van der Waals surface area contributed by atoms with Crippen LogP contribution >= 0.6 is 12.4 Å². The molecule has 2 rings (SSSR count). The first-order valence-electron chi connectivity index (χ1n) is 5.96. The molecule has 0 heterocycles. The van der Waals surface area contributed by atoms with Crippen LogP contribution in [0.1, 0.15) is 5.56 Å². The van der Waals surface area contributed by atoms with Crippen LogP contribution in [-0.2, 0) is 6.42 Å². The molecule has 0 atom stereocenters. The van der Waals surface area contributed by atoms with Crippen LogP contribution < -0.4 is 5.73 Å². The molecule has 0 saturated carbocycles. The average Bonchev–Trinajstić information content (AvgIpc) is 2.46. The molecule has 0 aliphatic rings. The highest BCUT2D eigenvalue weighted by molar-refractivity contribution is 5.85.